The lowest BCUT2D eigenvalue weighted by molar-refractivity contribution is 0.366. The SMILES string of the molecule is C#CC1=C(N)Oc2cc(C)oc(=O)c2[C@H]1c1ccc(OC)cc1OC. The van der Waals surface area contributed by atoms with Crippen LogP contribution in [0.3, 0.4) is 0 Å². The summed E-state index contributed by atoms with van der Waals surface area (Å²) in [6, 6.07) is 6.86. The number of methoxy groups -OCH3 is 2. The Labute approximate surface area is 144 Å². The molecule has 2 N–H and O–H groups in total. The molecule has 6 nitrogen and oxygen atoms in total. The molecule has 128 valence electrons. The highest BCUT2D eigenvalue weighted by Gasteiger charge is 2.35. The Morgan fingerprint density at radius 2 is 2.00 bits per heavy atom. The molecule has 2 heterocycles. The van der Waals surface area contributed by atoms with Gasteiger partial charge in [0, 0.05) is 17.7 Å². The Morgan fingerprint density at radius 1 is 1.24 bits per heavy atom. The second-order valence-corrected chi connectivity index (χ2v) is 5.49. The third-order valence-electron chi connectivity index (χ3n) is 4.04. The lowest BCUT2D eigenvalue weighted by atomic mass is 9.83. The van der Waals surface area contributed by atoms with Gasteiger partial charge in [0.15, 0.2) is 0 Å². The molecule has 0 aliphatic carbocycles. The van der Waals surface area contributed by atoms with Gasteiger partial charge in [0.1, 0.15) is 23.0 Å². The Kier molecular flexibility index (Phi) is 4.15. The third-order valence-corrected chi connectivity index (χ3v) is 4.04. The molecular formula is C19H17NO5. The fourth-order valence-corrected chi connectivity index (χ4v) is 2.92. The maximum Gasteiger partial charge on any atom is 0.343 e. The Bertz CT molecular complexity index is 965. The third kappa shape index (κ3) is 2.70. The van der Waals surface area contributed by atoms with E-state index in [2.05, 4.69) is 5.92 Å². The highest BCUT2D eigenvalue weighted by Crippen LogP contribution is 2.44. The maximum absolute atomic E-state index is 12.5. The Hall–Kier alpha value is -3.33. The van der Waals surface area contributed by atoms with Crippen LogP contribution in [0.1, 0.15) is 22.8 Å². The quantitative estimate of drug-likeness (QED) is 0.864. The van der Waals surface area contributed by atoms with Gasteiger partial charge in [-0.1, -0.05) is 12.0 Å². The second-order valence-electron chi connectivity index (χ2n) is 5.49. The first-order valence-electron chi connectivity index (χ1n) is 7.50. The van der Waals surface area contributed by atoms with Gasteiger partial charge >= 0.3 is 5.63 Å². The van der Waals surface area contributed by atoms with Crippen molar-refractivity contribution in [3.8, 4) is 29.6 Å². The lowest BCUT2D eigenvalue weighted by Gasteiger charge is -2.27. The number of nitrogens with two attached hydrogens (primary N) is 1. The van der Waals surface area contributed by atoms with Crippen LogP contribution in [0, 0.1) is 19.3 Å². The number of rotatable bonds is 3. The fourth-order valence-electron chi connectivity index (χ4n) is 2.92. The first-order valence-corrected chi connectivity index (χ1v) is 7.50. The van der Waals surface area contributed by atoms with Crippen molar-refractivity contribution in [3.05, 3.63) is 63.0 Å². The molecule has 0 saturated carbocycles. The van der Waals surface area contributed by atoms with E-state index in [1.54, 1.807) is 38.3 Å². The van der Waals surface area contributed by atoms with Crippen LogP contribution in [0.4, 0.5) is 0 Å². The predicted molar refractivity (Wildman–Crippen MR) is 91.8 cm³/mol. The number of hydrogen-bond acceptors (Lipinski definition) is 6. The smallest absolute Gasteiger partial charge is 0.343 e. The largest absolute Gasteiger partial charge is 0.497 e. The van der Waals surface area contributed by atoms with Crippen LogP contribution in [0.25, 0.3) is 0 Å². The van der Waals surface area contributed by atoms with Crippen LogP contribution in [-0.2, 0) is 0 Å². The molecule has 0 bridgehead atoms. The summed E-state index contributed by atoms with van der Waals surface area (Å²) >= 11 is 0. The van der Waals surface area contributed by atoms with E-state index in [4.69, 9.17) is 30.8 Å². The average Bonchev–Trinajstić information content (AvgIpc) is 2.59. The molecule has 1 aromatic carbocycles. The van der Waals surface area contributed by atoms with E-state index >= 15 is 0 Å². The molecular weight excluding hydrogens is 322 g/mol. The molecule has 3 rings (SSSR count). The molecule has 0 fully saturated rings. The van der Waals surface area contributed by atoms with Crippen molar-refractivity contribution in [2.24, 2.45) is 5.73 Å². The number of aryl methyl sites for hydroxylation is 1. The summed E-state index contributed by atoms with van der Waals surface area (Å²) in [5.74, 6) is 3.84. The van der Waals surface area contributed by atoms with E-state index in [-0.39, 0.29) is 11.4 Å². The number of hydrogen-bond donors (Lipinski definition) is 1. The first kappa shape index (κ1) is 16.5. The molecule has 1 aliphatic rings. The van der Waals surface area contributed by atoms with Crippen LogP contribution in [-0.4, -0.2) is 14.2 Å². The van der Waals surface area contributed by atoms with Gasteiger partial charge in [-0.3, -0.25) is 0 Å². The molecule has 0 unspecified atom stereocenters. The van der Waals surface area contributed by atoms with Gasteiger partial charge in [-0.2, -0.15) is 0 Å². The van der Waals surface area contributed by atoms with Gasteiger partial charge in [-0.05, 0) is 13.0 Å². The molecule has 0 amide bonds. The lowest BCUT2D eigenvalue weighted by Crippen LogP contribution is -2.26. The minimum Gasteiger partial charge on any atom is -0.497 e. The molecule has 1 aliphatic heterocycles. The zero-order chi connectivity index (χ0) is 18.1. The first-order chi connectivity index (χ1) is 12.0. The van der Waals surface area contributed by atoms with Crippen molar-refractivity contribution < 1.29 is 18.6 Å². The summed E-state index contributed by atoms with van der Waals surface area (Å²) in [6.45, 7) is 1.66. The molecule has 2 aromatic rings. The summed E-state index contributed by atoms with van der Waals surface area (Å²) < 4.78 is 21.5. The van der Waals surface area contributed by atoms with E-state index in [0.717, 1.165) is 0 Å². The minimum absolute atomic E-state index is 0.0721. The van der Waals surface area contributed by atoms with Crippen LogP contribution in [0.2, 0.25) is 0 Å². The van der Waals surface area contributed by atoms with Crippen LogP contribution in [0.5, 0.6) is 17.2 Å². The summed E-state index contributed by atoms with van der Waals surface area (Å²) in [6.07, 6.45) is 5.64. The van der Waals surface area contributed by atoms with Crippen molar-refractivity contribution in [1.82, 2.24) is 0 Å². The van der Waals surface area contributed by atoms with E-state index in [0.29, 0.717) is 34.1 Å². The Morgan fingerprint density at radius 3 is 2.64 bits per heavy atom. The summed E-state index contributed by atoms with van der Waals surface area (Å²) in [7, 11) is 3.08. The van der Waals surface area contributed by atoms with Crippen molar-refractivity contribution in [2.45, 2.75) is 12.8 Å². The zero-order valence-corrected chi connectivity index (χ0v) is 14.1. The number of terminal acetylenes is 1. The highest BCUT2D eigenvalue weighted by atomic mass is 16.5. The van der Waals surface area contributed by atoms with E-state index < -0.39 is 11.5 Å². The molecule has 0 spiro atoms. The standard InChI is InChI=1S/C19H17NO5/c1-5-12-16(13-7-6-11(22-3)9-14(13)23-4)17-15(25-18(12)20)8-10(2)24-19(17)21/h1,6-9,16H,20H2,2-4H3/t16-/m1/s1. The molecule has 0 radical (unpaired) electrons. The number of fused-ring (bicyclic) bond motifs is 1. The van der Waals surface area contributed by atoms with Crippen LogP contribution >= 0.6 is 0 Å². The number of ether oxygens (including phenoxy) is 3. The number of benzene rings is 1. The predicted octanol–water partition coefficient (Wildman–Crippen LogP) is 2.29. The molecule has 6 heteroatoms. The molecule has 25 heavy (non-hydrogen) atoms. The fraction of sp³-hybridized carbons (Fsp3) is 0.211. The van der Waals surface area contributed by atoms with Crippen molar-refractivity contribution >= 4 is 0 Å². The monoisotopic (exact) mass is 339 g/mol. The molecule has 0 saturated heterocycles. The normalized spacial score (nSPS) is 15.8. The number of allylic oxidation sites excluding steroid dienone is 1. The van der Waals surface area contributed by atoms with Gasteiger partial charge in [-0.25, -0.2) is 4.79 Å². The van der Waals surface area contributed by atoms with E-state index in [1.807, 2.05) is 0 Å². The average molecular weight is 339 g/mol. The van der Waals surface area contributed by atoms with E-state index in [9.17, 15) is 4.79 Å². The van der Waals surface area contributed by atoms with Gasteiger partial charge in [-0.15, -0.1) is 6.42 Å². The molecule has 1 aromatic heterocycles. The van der Waals surface area contributed by atoms with Crippen molar-refractivity contribution in [3.63, 3.8) is 0 Å². The van der Waals surface area contributed by atoms with Crippen LogP contribution in [0.15, 0.2) is 44.9 Å². The van der Waals surface area contributed by atoms with E-state index in [1.165, 1.54) is 7.11 Å². The maximum atomic E-state index is 12.5. The zero-order valence-electron chi connectivity index (χ0n) is 14.1. The minimum atomic E-state index is -0.633. The van der Waals surface area contributed by atoms with Crippen LogP contribution < -0.4 is 25.6 Å². The van der Waals surface area contributed by atoms with Gasteiger partial charge in [0.2, 0.25) is 5.88 Å². The van der Waals surface area contributed by atoms with Gasteiger partial charge < -0.3 is 24.4 Å². The van der Waals surface area contributed by atoms with Gasteiger partial charge in [0.05, 0.1) is 31.3 Å². The van der Waals surface area contributed by atoms with Crippen molar-refractivity contribution in [2.75, 3.05) is 14.2 Å². The topological polar surface area (TPSA) is 83.9 Å². The van der Waals surface area contributed by atoms with Crippen molar-refractivity contribution in [1.29, 1.82) is 0 Å². The summed E-state index contributed by atoms with van der Waals surface area (Å²) in [4.78, 5) is 12.5. The highest BCUT2D eigenvalue weighted by molar-refractivity contribution is 5.59. The summed E-state index contributed by atoms with van der Waals surface area (Å²) in [5, 5.41) is 0. The Balaban J connectivity index is 2.32. The summed E-state index contributed by atoms with van der Waals surface area (Å²) in [5.41, 5.74) is 6.76. The second kappa shape index (κ2) is 6.29. The molecule has 1 atom stereocenters. The van der Waals surface area contributed by atoms with Gasteiger partial charge in [0.25, 0.3) is 0 Å².